The number of halogens is 1. The van der Waals surface area contributed by atoms with Crippen LogP contribution >= 0.6 is 0 Å². The van der Waals surface area contributed by atoms with E-state index in [2.05, 4.69) is 11.9 Å². The molecule has 0 bridgehead atoms. The van der Waals surface area contributed by atoms with Crippen molar-refractivity contribution in [1.29, 1.82) is 0 Å². The number of carbonyl (C=O) groups is 1. The Hall–Kier alpha value is -1.46. The molecule has 1 heterocycles. The molecule has 4 nitrogen and oxygen atoms in total. The maximum absolute atomic E-state index is 13.1. The smallest absolute Gasteiger partial charge is 0.236 e. The lowest BCUT2D eigenvalue weighted by molar-refractivity contribution is -0.140. The summed E-state index contributed by atoms with van der Waals surface area (Å²) in [4.78, 5) is 16.9. The summed E-state index contributed by atoms with van der Waals surface area (Å²) in [6.45, 7) is 2.18. The second-order valence-corrected chi connectivity index (χ2v) is 7.31. The first kappa shape index (κ1) is 18.3. The first-order chi connectivity index (χ1) is 12.1. The zero-order valence-corrected chi connectivity index (χ0v) is 15.1. The quantitative estimate of drug-likeness (QED) is 0.782. The molecule has 1 aliphatic carbocycles. The van der Waals surface area contributed by atoms with Crippen molar-refractivity contribution in [3.8, 4) is 0 Å². The van der Waals surface area contributed by atoms with E-state index in [1.165, 1.54) is 50.7 Å². The van der Waals surface area contributed by atoms with Crippen LogP contribution in [-0.2, 0) is 9.53 Å². The van der Waals surface area contributed by atoms with E-state index in [-0.39, 0.29) is 17.8 Å². The molecule has 0 aromatic heterocycles. The standard InChI is InChI=1S/C20H29FN2O2/c1-22(18-6-4-2-3-5-7-18)15-20(24)23-12-13-25-19(14-23)16-8-10-17(21)11-9-16/h8-11,18-19H,2-7,12-15H2,1H3. The number of morpholine rings is 1. The van der Waals surface area contributed by atoms with Gasteiger partial charge in [0.05, 0.1) is 19.7 Å². The molecule has 1 saturated heterocycles. The number of rotatable bonds is 4. The summed E-state index contributed by atoms with van der Waals surface area (Å²) >= 11 is 0. The summed E-state index contributed by atoms with van der Waals surface area (Å²) in [5, 5.41) is 0. The minimum Gasteiger partial charge on any atom is -0.370 e. The monoisotopic (exact) mass is 348 g/mol. The van der Waals surface area contributed by atoms with Crippen LogP contribution in [0.25, 0.3) is 0 Å². The van der Waals surface area contributed by atoms with E-state index in [1.807, 2.05) is 4.90 Å². The van der Waals surface area contributed by atoms with E-state index < -0.39 is 0 Å². The Morgan fingerprint density at radius 2 is 1.88 bits per heavy atom. The van der Waals surface area contributed by atoms with E-state index in [1.54, 1.807) is 12.1 Å². The molecule has 5 heteroatoms. The van der Waals surface area contributed by atoms with Crippen LogP contribution < -0.4 is 0 Å². The number of hydrogen-bond donors (Lipinski definition) is 0. The largest absolute Gasteiger partial charge is 0.370 e. The Labute approximate surface area is 149 Å². The first-order valence-corrected chi connectivity index (χ1v) is 9.48. The molecule has 1 aliphatic heterocycles. The summed E-state index contributed by atoms with van der Waals surface area (Å²) in [5.41, 5.74) is 0.927. The maximum atomic E-state index is 13.1. The third-order valence-corrected chi connectivity index (χ3v) is 5.49. The Balaban J connectivity index is 1.55. The Morgan fingerprint density at radius 3 is 2.56 bits per heavy atom. The van der Waals surface area contributed by atoms with Gasteiger partial charge in [0, 0.05) is 12.6 Å². The number of nitrogens with zero attached hydrogens (tertiary/aromatic N) is 2. The van der Waals surface area contributed by atoms with Crippen LogP contribution in [0.4, 0.5) is 4.39 Å². The predicted molar refractivity (Wildman–Crippen MR) is 95.8 cm³/mol. The van der Waals surface area contributed by atoms with E-state index in [0.29, 0.717) is 32.3 Å². The molecular weight excluding hydrogens is 319 g/mol. The average molecular weight is 348 g/mol. The normalized spacial score (nSPS) is 22.8. The lowest BCUT2D eigenvalue weighted by Gasteiger charge is -2.35. The lowest BCUT2D eigenvalue weighted by atomic mass is 10.1. The van der Waals surface area contributed by atoms with Crippen molar-refractivity contribution in [2.45, 2.75) is 50.7 Å². The number of likely N-dealkylation sites (N-methyl/N-ethyl adjacent to an activating group) is 1. The fraction of sp³-hybridized carbons (Fsp3) is 0.650. The lowest BCUT2D eigenvalue weighted by Crippen LogP contribution is -2.47. The second kappa shape index (κ2) is 8.77. The van der Waals surface area contributed by atoms with Gasteiger partial charge in [0.15, 0.2) is 0 Å². The highest BCUT2D eigenvalue weighted by molar-refractivity contribution is 5.78. The average Bonchev–Trinajstić information content (AvgIpc) is 2.92. The first-order valence-electron chi connectivity index (χ1n) is 9.48. The van der Waals surface area contributed by atoms with E-state index in [9.17, 15) is 9.18 Å². The highest BCUT2D eigenvalue weighted by Crippen LogP contribution is 2.24. The predicted octanol–water partition coefficient (Wildman–Crippen LogP) is 3.38. The van der Waals surface area contributed by atoms with E-state index >= 15 is 0 Å². The summed E-state index contributed by atoms with van der Waals surface area (Å²) in [6, 6.07) is 6.90. The molecule has 1 aromatic carbocycles. The molecule has 1 amide bonds. The van der Waals surface area contributed by atoms with Crippen LogP contribution in [0.1, 0.15) is 50.2 Å². The fourth-order valence-electron chi connectivity index (χ4n) is 3.90. The second-order valence-electron chi connectivity index (χ2n) is 7.31. The zero-order chi connectivity index (χ0) is 17.6. The summed E-state index contributed by atoms with van der Waals surface area (Å²) in [6.07, 6.45) is 7.42. The van der Waals surface area contributed by atoms with E-state index in [4.69, 9.17) is 4.74 Å². The highest BCUT2D eigenvalue weighted by atomic mass is 19.1. The molecule has 0 N–H and O–H groups in total. The fourth-order valence-corrected chi connectivity index (χ4v) is 3.90. The van der Waals surface area contributed by atoms with Gasteiger partial charge in [0.2, 0.25) is 5.91 Å². The van der Waals surface area contributed by atoms with Crippen molar-refractivity contribution in [3.63, 3.8) is 0 Å². The van der Waals surface area contributed by atoms with Crippen LogP contribution in [0.3, 0.4) is 0 Å². The van der Waals surface area contributed by atoms with Crippen molar-refractivity contribution < 1.29 is 13.9 Å². The van der Waals surface area contributed by atoms with Crippen molar-refractivity contribution in [2.75, 3.05) is 33.3 Å². The molecule has 0 spiro atoms. The van der Waals surface area contributed by atoms with Crippen LogP contribution in [0.5, 0.6) is 0 Å². The Bertz CT molecular complexity index is 555. The summed E-state index contributed by atoms with van der Waals surface area (Å²) in [5.74, 6) is -0.0836. The number of hydrogen-bond acceptors (Lipinski definition) is 3. The SMILES string of the molecule is CN(CC(=O)N1CCOC(c2ccc(F)cc2)C1)C1CCCCCC1. The van der Waals surface area contributed by atoms with Gasteiger partial charge < -0.3 is 9.64 Å². The van der Waals surface area contributed by atoms with Gasteiger partial charge in [-0.25, -0.2) is 4.39 Å². The molecule has 2 aliphatic rings. The zero-order valence-electron chi connectivity index (χ0n) is 15.1. The molecule has 2 fully saturated rings. The molecule has 3 rings (SSSR count). The van der Waals surface area contributed by atoms with Crippen LogP contribution in [0, 0.1) is 5.82 Å². The van der Waals surface area contributed by atoms with Crippen LogP contribution in [0.2, 0.25) is 0 Å². The summed E-state index contributed by atoms with van der Waals surface area (Å²) < 4.78 is 18.9. The molecule has 1 unspecified atom stereocenters. The van der Waals surface area contributed by atoms with Gasteiger partial charge in [-0.1, -0.05) is 37.8 Å². The Morgan fingerprint density at radius 1 is 1.20 bits per heavy atom. The molecule has 1 saturated carbocycles. The third-order valence-electron chi connectivity index (χ3n) is 5.49. The number of benzene rings is 1. The van der Waals surface area contributed by atoms with Crippen molar-refractivity contribution >= 4 is 5.91 Å². The van der Waals surface area contributed by atoms with Crippen LogP contribution in [-0.4, -0.2) is 55.0 Å². The van der Waals surface area contributed by atoms with Gasteiger partial charge in [-0.3, -0.25) is 9.69 Å². The number of amides is 1. The van der Waals surface area contributed by atoms with Gasteiger partial charge in [0.1, 0.15) is 11.9 Å². The van der Waals surface area contributed by atoms with Crippen molar-refractivity contribution in [1.82, 2.24) is 9.80 Å². The third kappa shape index (κ3) is 5.02. The van der Waals surface area contributed by atoms with Crippen molar-refractivity contribution in [3.05, 3.63) is 35.6 Å². The van der Waals surface area contributed by atoms with Crippen LogP contribution in [0.15, 0.2) is 24.3 Å². The molecule has 1 aromatic rings. The van der Waals surface area contributed by atoms with E-state index in [0.717, 1.165) is 5.56 Å². The number of carbonyl (C=O) groups excluding carboxylic acids is 1. The number of ether oxygens (including phenoxy) is 1. The minimum absolute atomic E-state index is 0.165. The van der Waals surface area contributed by atoms with Gasteiger partial charge in [-0.2, -0.15) is 0 Å². The Kier molecular flexibility index (Phi) is 6.43. The molecule has 0 radical (unpaired) electrons. The van der Waals surface area contributed by atoms with Gasteiger partial charge in [-0.05, 0) is 37.6 Å². The van der Waals surface area contributed by atoms with Gasteiger partial charge in [0.25, 0.3) is 0 Å². The van der Waals surface area contributed by atoms with Crippen molar-refractivity contribution in [2.24, 2.45) is 0 Å². The molecule has 1 atom stereocenters. The molecular formula is C20H29FN2O2. The minimum atomic E-state index is -0.252. The summed E-state index contributed by atoms with van der Waals surface area (Å²) in [7, 11) is 2.08. The van der Waals surface area contributed by atoms with Gasteiger partial charge in [-0.15, -0.1) is 0 Å². The molecule has 138 valence electrons. The highest BCUT2D eigenvalue weighted by Gasteiger charge is 2.27. The molecule has 25 heavy (non-hydrogen) atoms. The topological polar surface area (TPSA) is 32.8 Å². The maximum Gasteiger partial charge on any atom is 0.236 e. The van der Waals surface area contributed by atoms with Gasteiger partial charge >= 0.3 is 0 Å².